The molecule has 0 N–H and O–H groups in total. The van der Waals surface area contributed by atoms with Gasteiger partial charge in [0.05, 0.1) is 16.4 Å². The summed E-state index contributed by atoms with van der Waals surface area (Å²) in [6, 6.07) is 9.75. The monoisotopic (exact) mass is 415 g/mol. The third kappa shape index (κ3) is 4.72. The van der Waals surface area contributed by atoms with Gasteiger partial charge >= 0.3 is 0 Å². The Kier molecular flexibility index (Phi) is 5.64. The van der Waals surface area contributed by atoms with Crippen molar-refractivity contribution in [2.24, 2.45) is 0 Å². The molecule has 1 fully saturated rings. The van der Waals surface area contributed by atoms with Gasteiger partial charge in [-0.3, -0.25) is 0 Å². The van der Waals surface area contributed by atoms with Crippen LogP contribution in [0.15, 0.2) is 53.4 Å². The van der Waals surface area contributed by atoms with Gasteiger partial charge in [-0.05, 0) is 42.7 Å². The maximum absolute atomic E-state index is 13.3. The summed E-state index contributed by atoms with van der Waals surface area (Å²) in [5.41, 5.74) is -0.0101. The molecule has 0 aromatic heterocycles. The highest BCUT2D eigenvalue weighted by Crippen LogP contribution is 2.27. The highest BCUT2D eigenvalue weighted by atomic mass is 32.2. The largest absolute Gasteiger partial charge is 0.224 e. The molecular weight excluding hydrogens is 396 g/mol. The molecule has 1 heterocycles. The molecule has 3 rings (SSSR count). The SMILES string of the molecule is O=S(=O)(CC1CCCN1S(=O)(=O)Cc1cc(F)cc(F)c1)c1ccccc1. The fraction of sp³-hybridized carbons (Fsp3) is 0.333. The van der Waals surface area contributed by atoms with Crippen molar-refractivity contribution in [1.29, 1.82) is 0 Å². The van der Waals surface area contributed by atoms with E-state index in [1.807, 2.05) is 0 Å². The molecular formula is C18H19F2NO4S2. The van der Waals surface area contributed by atoms with E-state index >= 15 is 0 Å². The molecule has 0 aliphatic carbocycles. The molecule has 0 amide bonds. The Labute approximate surface area is 157 Å². The number of halogens is 2. The van der Waals surface area contributed by atoms with Gasteiger partial charge in [-0.15, -0.1) is 0 Å². The first-order valence-electron chi connectivity index (χ1n) is 8.40. The fourth-order valence-electron chi connectivity index (χ4n) is 3.31. The van der Waals surface area contributed by atoms with Crippen molar-refractivity contribution >= 4 is 19.9 Å². The molecule has 2 aromatic rings. The van der Waals surface area contributed by atoms with Crippen molar-refractivity contribution < 1.29 is 25.6 Å². The van der Waals surface area contributed by atoms with Crippen molar-refractivity contribution in [3.05, 3.63) is 65.7 Å². The normalized spacial score (nSPS) is 18.7. The van der Waals surface area contributed by atoms with Gasteiger partial charge in [0, 0.05) is 18.7 Å². The summed E-state index contributed by atoms with van der Waals surface area (Å²) < 4.78 is 78.5. The minimum Gasteiger partial charge on any atom is -0.224 e. The van der Waals surface area contributed by atoms with Crippen LogP contribution in [0, 0.1) is 11.6 Å². The molecule has 1 atom stereocenters. The molecule has 1 aliphatic rings. The minimum absolute atomic E-state index is 0.0101. The molecule has 9 heteroatoms. The Morgan fingerprint density at radius 3 is 2.22 bits per heavy atom. The first-order chi connectivity index (χ1) is 12.7. The van der Waals surface area contributed by atoms with Gasteiger partial charge in [0.1, 0.15) is 11.6 Å². The Bertz CT molecular complexity index is 1000. The smallest absolute Gasteiger partial charge is 0.218 e. The lowest BCUT2D eigenvalue weighted by atomic mass is 10.2. The molecule has 0 bridgehead atoms. The van der Waals surface area contributed by atoms with Crippen LogP contribution in [0.1, 0.15) is 18.4 Å². The molecule has 1 saturated heterocycles. The van der Waals surface area contributed by atoms with Crippen molar-refractivity contribution in [1.82, 2.24) is 4.31 Å². The van der Waals surface area contributed by atoms with E-state index in [-0.39, 0.29) is 22.8 Å². The summed E-state index contributed by atoms with van der Waals surface area (Å²) >= 11 is 0. The topological polar surface area (TPSA) is 71.5 Å². The standard InChI is InChI=1S/C18H19F2NO4S2/c19-15-9-14(10-16(20)11-15)12-27(24,25)21-8-4-5-17(21)13-26(22,23)18-6-2-1-3-7-18/h1-3,6-7,9-11,17H,4-5,8,12-13H2. The summed E-state index contributed by atoms with van der Waals surface area (Å²) in [7, 11) is -7.56. The fourth-order valence-corrected chi connectivity index (χ4v) is 6.81. The van der Waals surface area contributed by atoms with Crippen molar-refractivity contribution in [3.63, 3.8) is 0 Å². The van der Waals surface area contributed by atoms with Crippen molar-refractivity contribution in [2.45, 2.75) is 29.5 Å². The predicted octanol–water partition coefficient (Wildman–Crippen LogP) is 2.73. The number of sulfonamides is 1. The zero-order valence-electron chi connectivity index (χ0n) is 14.4. The average molecular weight is 415 g/mol. The van der Waals surface area contributed by atoms with Crippen LogP contribution in [-0.2, 0) is 25.6 Å². The third-order valence-corrected chi connectivity index (χ3v) is 8.17. The Balaban J connectivity index is 1.81. The minimum atomic E-state index is -3.91. The lowest BCUT2D eigenvalue weighted by Gasteiger charge is -2.24. The average Bonchev–Trinajstić information content (AvgIpc) is 3.02. The van der Waals surface area contributed by atoms with E-state index < -0.39 is 43.3 Å². The molecule has 0 radical (unpaired) electrons. The van der Waals surface area contributed by atoms with Crippen LogP contribution >= 0.6 is 0 Å². The van der Waals surface area contributed by atoms with Crippen molar-refractivity contribution in [3.8, 4) is 0 Å². The van der Waals surface area contributed by atoms with E-state index in [2.05, 4.69) is 0 Å². The molecule has 2 aromatic carbocycles. The number of hydrogen-bond donors (Lipinski definition) is 0. The van der Waals surface area contributed by atoms with E-state index in [9.17, 15) is 25.6 Å². The number of sulfone groups is 1. The van der Waals surface area contributed by atoms with Gasteiger partial charge in [-0.1, -0.05) is 18.2 Å². The quantitative estimate of drug-likeness (QED) is 0.727. The van der Waals surface area contributed by atoms with Crippen LogP contribution in [0.3, 0.4) is 0 Å². The number of benzene rings is 2. The number of rotatable bonds is 6. The number of hydrogen-bond acceptors (Lipinski definition) is 4. The zero-order valence-corrected chi connectivity index (χ0v) is 16.0. The molecule has 0 spiro atoms. The first kappa shape index (κ1) is 19.9. The van der Waals surface area contributed by atoms with Crippen LogP contribution in [0.25, 0.3) is 0 Å². The summed E-state index contributed by atoms with van der Waals surface area (Å²) in [4.78, 5) is 0.140. The Morgan fingerprint density at radius 1 is 0.963 bits per heavy atom. The van der Waals surface area contributed by atoms with Crippen LogP contribution in [0.2, 0.25) is 0 Å². The van der Waals surface area contributed by atoms with E-state index in [4.69, 9.17) is 0 Å². The van der Waals surface area contributed by atoms with E-state index in [0.717, 1.165) is 16.4 Å². The number of nitrogens with zero attached hydrogens (tertiary/aromatic N) is 1. The molecule has 5 nitrogen and oxygen atoms in total. The Morgan fingerprint density at radius 2 is 1.59 bits per heavy atom. The van der Waals surface area contributed by atoms with Gasteiger partial charge in [-0.2, -0.15) is 4.31 Å². The molecule has 1 unspecified atom stereocenters. The lowest BCUT2D eigenvalue weighted by molar-refractivity contribution is 0.407. The van der Waals surface area contributed by atoms with Gasteiger partial charge in [0.25, 0.3) is 0 Å². The predicted molar refractivity (Wildman–Crippen MR) is 97.2 cm³/mol. The second-order valence-electron chi connectivity index (χ2n) is 6.54. The van der Waals surface area contributed by atoms with Crippen LogP contribution < -0.4 is 0 Å². The molecule has 146 valence electrons. The third-order valence-electron chi connectivity index (χ3n) is 4.47. The van der Waals surface area contributed by atoms with E-state index in [0.29, 0.717) is 18.9 Å². The van der Waals surface area contributed by atoms with Crippen LogP contribution in [0.4, 0.5) is 8.78 Å². The van der Waals surface area contributed by atoms with E-state index in [1.165, 1.54) is 12.1 Å². The lowest BCUT2D eigenvalue weighted by Crippen LogP contribution is -2.40. The second kappa shape index (κ2) is 7.65. The highest BCUT2D eigenvalue weighted by Gasteiger charge is 2.37. The zero-order chi connectivity index (χ0) is 19.7. The molecule has 0 saturated carbocycles. The maximum Gasteiger partial charge on any atom is 0.218 e. The van der Waals surface area contributed by atoms with E-state index in [1.54, 1.807) is 18.2 Å². The van der Waals surface area contributed by atoms with Gasteiger partial charge in [0.2, 0.25) is 10.0 Å². The van der Waals surface area contributed by atoms with Crippen LogP contribution in [0.5, 0.6) is 0 Å². The van der Waals surface area contributed by atoms with Gasteiger partial charge in [-0.25, -0.2) is 25.6 Å². The summed E-state index contributed by atoms with van der Waals surface area (Å²) in [6.07, 6.45) is 0.953. The summed E-state index contributed by atoms with van der Waals surface area (Å²) in [6.45, 7) is 0.190. The molecule has 1 aliphatic heterocycles. The molecule has 27 heavy (non-hydrogen) atoms. The first-order valence-corrected chi connectivity index (χ1v) is 11.7. The highest BCUT2D eigenvalue weighted by molar-refractivity contribution is 7.91. The maximum atomic E-state index is 13.3. The van der Waals surface area contributed by atoms with Crippen LogP contribution in [-0.4, -0.2) is 39.5 Å². The summed E-state index contributed by atoms with van der Waals surface area (Å²) in [5.74, 6) is -2.62. The second-order valence-corrected chi connectivity index (χ2v) is 10.5. The summed E-state index contributed by atoms with van der Waals surface area (Å²) in [5, 5.41) is 0. The van der Waals surface area contributed by atoms with Crippen molar-refractivity contribution in [2.75, 3.05) is 12.3 Å². The van der Waals surface area contributed by atoms with Gasteiger partial charge < -0.3 is 0 Å². The van der Waals surface area contributed by atoms with Gasteiger partial charge in [0.15, 0.2) is 9.84 Å². The Hall–Kier alpha value is -1.84.